The lowest BCUT2D eigenvalue weighted by molar-refractivity contribution is -0.157. The summed E-state index contributed by atoms with van der Waals surface area (Å²) in [7, 11) is 0. The van der Waals surface area contributed by atoms with Crippen LogP contribution in [0.3, 0.4) is 0 Å². The van der Waals surface area contributed by atoms with Crippen LogP contribution in [0.1, 0.15) is 18.1 Å². The molecule has 0 amide bonds. The van der Waals surface area contributed by atoms with Crippen molar-refractivity contribution in [3.63, 3.8) is 0 Å². The monoisotopic (exact) mass is 249 g/mol. The van der Waals surface area contributed by atoms with Crippen molar-refractivity contribution < 1.29 is 28.2 Å². The van der Waals surface area contributed by atoms with E-state index in [4.69, 9.17) is 5.11 Å². The Morgan fingerprint density at radius 3 is 2.53 bits per heavy atom. The van der Waals surface area contributed by atoms with E-state index in [1.807, 2.05) is 0 Å². The second-order valence-electron chi connectivity index (χ2n) is 3.79. The van der Waals surface area contributed by atoms with E-state index in [0.717, 1.165) is 25.4 Å². The van der Waals surface area contributed by atoms with E-state index in [1.54, 1.807) is 0 Å². The van der Waals surface area contributed by atoms with Gasteiger partial charge in [0.25, 0.3) is 0 Å². The molecule has 0 saturated heterocycles. The Bertz CT molecular complexity index is 429. The maximum absolute atomic E-state index is 12.6. The highest BCUT2D eigenvalue weighted by Gasteiger charge is 2.37. The van der Waals surface area contributed by atoms with Gasteiger partial charge in [-0.05, 0) is 18.6 Å². The molecule has 1 aromatic heterocycles. The van der Waals surface area contributed by atoms with E-state index < -0.39 is 29.7 Å². The Kier molecular flexibility index (Phi) is 3.42. The molecule has 17 heavy (non-hydrogen) atoms. The molecule has 4 nitrogen and oxygen atoms in total. The number of aromatic nitrogens is 1. The Hall–Kier alpha value is -1.63. The third-order valence-electron chi connectivity index (χ3n) is 2.20. The summed E-state index contributed by atoms with van der Waals surface area (Å²) in [5.74, 6) is -1.59. The first-order valence-corrected chi connectivity index (χ1v) is 4.60. The number of hydrogen-bond donors (Lipinski definition) is 2. The van der Waals surface area contributed by atoms with Gasteiger partial charge in [-0.15, -0.1) is 0 Å². The third kappa shape index (κ3) is 3.16. The number of nitrogens with zero attached hydrogens (tertiary/aromatic N) is 1. The molecule has 0 aliphatic heterocycles. The van der Waals surface area contributed by atoms with E-state index in [9.17, 15) is 23.1 Å². The van der Waals surface area contributed by atoms with Gasteiger partial charge in [-0.25, -0.2) is 4.79 Å². The summed E-state index contributed by atoms with van der Waals surface area (Å²) in [6, 6.07) is 0.743. The van der Waals surface area contributed by atoms with Gasteiger partial charge in [-0.2, -0.15) is 13.2 Å². The molecular weight excluding hydrogens is 239 g/mol. The third-order valence-corrected chi connectivity index (χ3v) is 2.20. The lowest BCUT2D eigenvalue weighted by Crippen LogP contribution is -2.37. The number of carboxylic acid groups (broad SMARTS) is 1. The summed E-state index contributed by atoms with van der Waals surface area (Å²) in [5.41, 5.74) is -3.61. The topological polar surface area (TPSA) is 70.4 Å². The summed E-state index contributed by atoms with van der Waals surface area (Å²) in [4.78, 5) is 14.1. The zero-order valence-electron chi connectivity index (χ0n) is 8.82. The molecule has 0 saturated carbocycles. The highest BCUT2D eigenvalue weighted by atomic mass is 19.4. The molecule has 1 rings (SSSR count). The van der Waals surface area contributed by atoms with E-state index in [1.165, 1.54) is 0 Å². The molecule has 0 bridgehead atoms. The van der Waals surface area contributed by atoms with Crippen LogP contribution in [-0.2, 0) is 17.4 Å². The Morgan fingerprint density at radius 2 is 2.06 bits per heavy atom. The average Bonchev–Trinajstić information content (AvgIpc) is 2.15. The van der Waals surface area contributed by atoms with Crippen LogP contribution < -0.4 is 0 Å². The number of aliphatic hydroxyl groups is 1. The number of pyridine rings is 1. The summed E-state index contributed by atoms with van der Waals surface area (Å²) >= 11 is 0. The van der Waals surface area contributed by atoms with Crippen molar-refractivity contribution in [2.24, 2.45) is 0 Å². The molecule has 0 aliphatic carbocycles. The Morgan fingerprint density at radius 1 is 1.47 bits per heavy atom. The zero-order valence-corrected chi connectivity index (χ0v) is 8.82. The van der Waals surface area contributed by atoms with Crippen molar-refractivity contribution in [2.75, 3.05) is 0 Å². The fourth-order valence-electron chi connectivity index (χ4n) is 1.29. The molecule has 1 aromatic rings. The largest absolute Gasteiger partial charge is 0.479 e. The van der Waals surface area contributed by atoms with Crippen molar-refractivity contribution in [2.45, 2.75) is 25.1 Å². The van der Waals surface area contributed by atoms with Gasteiger partial charge in [0.05, 0.1) is 5.56 Å². The van der Waals surface area contributed by atoms with Crippen molar-refractivity contribution in [1.82, 2.24) is 4.98 Å². The quantitative estimate of drug-likeness (QED) is 0.851. The van der Waals surface area contributed by atoms with Crippen molar-refractivity contribution in [3.8, 4) is 0 Å². The van der Waals surface area contributed by atoms with Gasteiger partial charge in [-0.1, -0.05) is 0 Å². The molecule has 0 aliphatic rings. The molecule has 0 spiro atoms. The average molecular weight is 249 g/mol. The van der Waals surface area contributed by atoms with Crippen LogP contribution in [0.4, 0.5) is 13.2 Å². The maximum Gasteiger partial charge on any atom is 0.416 e. The standard InChI is InChI=1S/C10H10F3NO3/c1-9(17,8(15)16)4-6-5-14-3-2-7(6)10(11,12)13/h2-3,5,17H,4H2,1H3,(H,15,16). The summed E-state index contributed by atoms with van der Waals surface area (Å²) in [5, 5.41) is 18.1. The summed E-state index contributed by atoms with van der Waals surface area (Å²) in [6.45, 7) is 0.933. The van der Waals surface area contributed by atoms with Gasteiger partial charge < -0.3 is 10.2 Å². The number of aliphatic carboxylic acids is 1. The first-order chi connectivity index (χ1) is 7.64. The van der Waals surface area contributed by atoms with Crippen LogP contribution in [0.25, 0.3) is 0 Å². The predicted molar refractivity (Wildman–Crippen MR) is 51.2 cm³/mol. The minimum atomic E-state index is -4.60. The van der Waals surface area contributed by atoms with E-state index in [2.05, 4.69) is 4.98 Å². The molecule has 2 N–H and O–H groups in total. The molecule has 94 valence electrons. The Labute approximate surface area is 94.7 Å². The SMILES string of the molecule is CC(O)(Cc1cnccc1C(F)(F)F)C(=O)O. The highest BCUT2D eigenvalue weighted by molar-refractivity contribution is 5.77. The van der Waals surface area contributed by atoms with Crippen molar-refractivity contribution >= 4 is 5.97 Å². The molecule has 1 atom stereocenters. The van der Waals surface area contributed by atoms with Crippen molar-refractivity contribution in [3.05, 3.63) is 29.6 Å². The first-order valence-electron chi connectivity index (χ1n) is 4.60. The minimum absolute atomic E-state index is 0.354. The first kappa shape index (κ1) is 13.4. The van der Waals surface area contributed by atoms with Gasteiger partial charge in [0.1, 0.15) is 0 Å². The predicted octanol–water partition coefficient (Wildman–Crippen LogP) is 1.48. The molecular formula is C10H10F3NO3. The van der Waals surface area contributed by atoms with Crippen LogP contribution in [0.15, 0.2) is 18.5 Å². The lowest BCUT2D eigenvalue weighted by Gasteiger charge is -2.20. The maximum atomic E-state index is 12.6. The highest BCUT2D eigenvalue weighted by Crippen LogP contribution is 2.32. The second kappa shape index (κ2) is 4.33. The van der Waals surface area contributed by atoms with Gasteiger partial charge in [-0.3, -0.25) is 4.98 Å². The molecule has 0 aromatic carbocycles. The van der Waals surface area contributed by atoms with Gasteiger partial charge >= 0.3 is 12.1 Å². The van der Waals surface area contributed by atoms with Crippen LogP contribution in [0, 0.1) is 0 Å². The molecule has 0 fully saturated rings. The molecule has 0 radical (unpaired) electrons. The normalized spacial score (nSPS) is 15.4. The van der Waals surface area contributed by atoms with E-state index >= 15 is 0 Å². The number of hydrogen-bond acceptors (Lipinski definition) is 3. The van der Waals surface area contributed by atoms with E-state index in [0.29, 0.717) is 0 Å². The molecule has 7 heteroatoms. The van der Waals surface area contributed by atoms with Crippen LogP contribution in [-0.4, -0.2) is 26.8 Å². The number of carbonyl (C=O) groups is 1. The van der Waals surface area contributed by atoms with Crippen LogP contribution >= 0.6 is 0 Å². The second-order valence-corrected chi connectivity index (χ2v) is 3.79. The minimum Gasteiger partial charge on any atom is -0.479 e. The number of carboxylic acids is 1. The van der Waals surface area contributed by atoms with Crippen LogP contribution in [0.2, 0.25) is 0 Å². The lowest BCUT2D eigenvalue weighted by atomic mass is 9.94. The van der Waals surface area contributed by atoms with Crippen LogP contribution in [0.5, 0.6) is 0 Å². The zero-order chi connectivity index (χ0) is 13.3. The summed E-state index contributed by atoms with van der Waals surface area (Å²) < 4.78 is 37.7. The molecule has 1 unspecified atom stereocenters. The molecule has 1 heterocycles. The number of rotatable bonds is 3. The number of alkyl halides is 3. The fraction of sp³-hybridized carbons (Fsp3) is 0.400. The number of halogens is 3. The van der Waals surface area contributed by atoms with Gasteiger partial charge in [0, 0.05) is 18.8 Å². The van der Waals surface area contributed by atoms with Crippen molar-refractivity contribution in [1.29, 1.82) is 0 Å². The fourth-order valence-corrected chi connectivity index (χ4v) is 1.29. The smallest absolute Gasteiger partial charge is 0.416 e. The Balaban J connectivity index is 3.12. The van der Waals surface area contributed by atoms with Gasteiger partial charge in [0.2, 0.25) is 0 Å². The van der Waals surface area contributed by atoms with E-state index in [-0.39, 0.29) is 5.56 Å². The van der Waals surface area contributed by atoms with Gasteiger partial charge in [0.15, 0.2) is 5.60 Å². The summed E-state index contributed by atoms with van der Waals surface area (Å²) in [6.07, 6.45) is -3.40.